The van der Waals surface area contributed by atoms with Gasteiger partial charge in [0.25, 0.3) is 11.5 Å². The molecule has 1 aliphatic heterocycles. The van der Waals surface area contributed by atoms with E-state index >= 15 is 0 Å². The number of carbonyl (C=O) groups excluding carboxylic acids is 1. The average molecular weight is 453 g/mol. The maximum absolute atomic E-state index is 12.9. The summed E-state index contributed by atoms with van der Waals surface area (Å²) in [7, 11) is 0. The van der Waals surface area contributed by atoms with Crippen molar-refractivity contribution in [2.24, 2.45) is 0 Å². The Hall–Kier alpha value is -3.15. The predicted octanol–water partition coefficient (Wildman–Crippen LogP) is 5.66. The van der Waals surface area contributed by atoms with Crippen molar-refractivity contribution in [1.82, 2.24) is 14.9 Å². The molecule has 6 heteroatoms. The second-order valence-corrected chi connectivity index (χ2v) is 6.85. The van der Waals surface area contributed by atoms with Crippen LogP contribution in [0.25, 0.3) is 10.9 Å². The first-order chi connectivity index (χ1) is 16.1. The summed E-state index contributed by atoms with van der Waals surface area (Å²) in [5, 5.41) is 0.590. The number of hydrogen-bond acceptors (Lipinski definition) is 4. The zero-order valence-corrected chi connectivity index (χ0v) is 21.3. The van der Waals surface area contributed by atoms with Crippen molar-refractivity contribution >= 4 is 22.8 Å². The Kier molecular flexibility index (Phi) is 12.5. The Balaban J connectivity index is 0.000000841. The van der Waals surface area contributed by atoms with E-state index in [1.807, 2.05) is 95.8 Å². The summed E-state index contributed by atoms with van der Waals surface area (Å²) in [5.41, 5.74) is 2.30. The lowest BCUT2D eigenvalue weighted by molar-refractivity contribution is 0.0766. The molecule has 6 nitrogen and oxygen atoms in total. The van der Waals surface area contributed by atoms with Crippen LogP contribution in [-0.4, -0.2) is 47.0 Å². The molecule has 180 valence electrons. The van der Waals surface area contributed by atoms with Gasteiger partial charge in [0.1, 0.15) is 0 Å². The standard InChI is InChI=1S/C21H22N4O2.3C2H6/c1-15-7-2-3-8-16(15)20(27)24-11-6-12-25(14-13-24)21-22-18-10-5-4-9-17(18)19(26)23-21;3*1-2/h2-5,7-10H,6,11-14H2,1H3,(H,22,23,26);3*1-2H3. The summed E-state index contributed by atoms with van der Waals surface area (Å²) in [6, 6.07) is 15.0. The van der Waals surface area contributed by atoms with Crippen LogP contribution in [0, 0.1) is 6.92 Å². The summed E-state index contributed by atoms with van der Waals surface area (Å²) in [6.45, 7) is 16.6. The van der Waals surface area contributed by atoms with E-state index in [1.165, 1.54) is 0 Å². The van der Waals surface area contributed by atoms with Crippen molar-refractivity contribution in [2.45, 2.75) is 54.9 Å². The van der Waals surface area contributed by atoms with Crippen molar-refractivity contribution in [1.29, 1.82) is 0 Å². The molecule has 0 unspecified atom stereocenters. The number of fused-ring (bicyclic) bond motifs is 1. The number of H-pyrrole nitrogens is 1. The second-order valence-electron chi connectivity index (χ2n) is 6.85. The predicted molar refractivity (Wildman–Crippen MR) is 140 cm³/mol. The lowest BCUT2D eigenvalue weighted by atomic mass is 10.1. The third-order valence-electron chi connectivity index (χ3n) is 5.06. The fourth-order valence-corrected chi connectivity index (χ4v) is 3.54. The van der Waals surface area contributed by atoms with E-state index in [9.17, 15) is 9.59 Å². The summed E-state index contributed by atoms with van der Waals surface area (Å²) in [6.07, 6.45) is 0.828. The van der Waals surface area contributed by atoms with Crippen LogP contribution in [0.2, 0.25) is 0 Å². The molecule has 33 heavy (non-hydrogen) atoms. The van der Waals surface area contributed by atoms with Crippen LogP contribution in [0.3, 0.4) is 0 Å². The molecule has 3 aromatic rings. The van der Waals surface area contributed by atoms with E-state index in [0.717, 1.165) is 24.1 Å². The summed E-state index contributed by atoms with van der Waals surface area (Å²) < 4.78 is 0. The zero-order valence-electron chi connectivity index (χ0n) is 21.3. The fraction of sp³-hybridized carbons (Fsp3) is 0.444. The number of para-hydroxylation sites is 1. The molecule has 1 fully saturated rings. The van der Waals surface area contributed by atoms with E-state index < -0.39 is 0 Å². The number of benzene rings is 2. The Morgan fingerprint density at radius 3 is 2.18 bits per heavy atom. The first-order valence-corrected chi connectivity index (χ1v) is 12.2. The Morgan fingerprint density at radius 2 is 1.48 bits per heavy atom. The SMILES string of the molecule is CC.CC.CC.Cc1ccccc1C(=O)N1CCCN(c2nc3ccccc3c(=O)[nH]2)CC1. The van der Waals surface area contributed by atoms with Gasteiger partial charge in [0.15, 0.2) is 0 Å². The maximum atomic E-state index is 12.9. The molecule has 1 aliphatic rings. The zero-order chi connectivity index (χ0) is 24.8. The lowest BCUT2D eigenvalue weighted by Crippen LogP contribution is -2.36. The first kappa shape index (κ1) is 27.9. The van der Waals surface area contributed by atoms with Gasteiger partial charge in [-0.2, -0.15) is 0 Å². The van der Waals surface area contributed by atoms with Crippen molar-refractivity contribution in [3.8, 4) is 0 Å². The van der Waals surface area contributed by atoms with E-state index in [1.54, 1.807) is 6.07 Å². The minimum atomic E-state index is -0.132. The van der Waals surface area contributed by atoms with Gasteiger partial charge in [-0.3, -0.25) is 14.6 Å². The number of aromatic amines is 1. The Bertz CT molecular complexity index is 1050. The van der Waals surface area contributed by atoms with Crippen LogP contribution in [0.15, 0.2) is 53.3 Å². The molecule has 0 aliphatic carbocycles. The molecular weight excluding hydrogens is 412 g/mol. The molecule has 1 N–H and O–H groups in total. The molecule has 1 amide bonds. The van der Waals surface area contributed by atoms with E-state index in [4.69, 9.17) is 0 Å². The van der Waals surface area contributed by atoms with Gasteiger partial charge in [-0.05, 0) is 37.1 Å². The average Bonchev–Trinajstić information content (AvgIpc) is 3.14. The maximum Gasteiger partial charge on any atom is 0.260 e. The summed E-state index contributed by atoms with van der Waals surface area (Å²) >= 11 is 0. The van der Waals surface area contributed by atoms with Crippen LogP contribution in [0.5, 0.6) is 0 Å². The van der Waals surface area contributed by atoms with E-state index in [2.05, 4.69) is 14.9 Å². The second kappa shape index (κ2) is 14.8. The number of hydrogen-bond donors (Lipinski definition) is 1. The Morgan fingerprint density at radius 1 is 0.848 bits per heavy atom. The normalized spacial score (nSPS) is 12.8. The summed E-state index contributed by atoms with van der Waals surface area (Å²) in [4.78, 5) is 36.7. The number of aryl methyl sites for hydroxylation is 1. The van der Waals surface area contributed by atoms with Crippen molar-refractivity contribution in [3.63, 3.8) is 0 Å². The van der Waals surface area contributed by atoms with Gasteiger partial charge in [-0.1, -0.05) is 71.9 Å². The summed E-state index contributed by atoms with van der Waals surface area (Å²) in [5.74, 6) is 0.638. The molecule has 0 bridgehead atoms. The van der Waals surface area contributed by atoms with Gasteiger partial charge >= 0.3 is 0 Å². The van der Waals surface area contributed by atoms with Crippen molar-refractivity contribution < 1.29 is 4.79 Å². The third-order valence-corrected chi connectivity index (χ3v) is 5.06. The first-order valence-electron chi connectivity index (χ1n) is 12.2. The van der Waals surface area contributed by atoms with E-state index in [-0.39, 0.29) is 11.5 Å². The number of anilines is 1. The molecule has 2 heterocycles. The molecule has 1 aromatic heterocycles. The minimum absolute atomic E-state index is 0.0647. The quantitative estimate of drug-likeness (QED) is 0.544. The third kappa shape index (κ3) is 7.17. The molecule has 0 radical (unpaired) electrons. The molecular formula is C27H40N4O2. The molecule has 4 rings (SSSR count). The number of nitrogens with zero attached hydrogens (tertiary/aromatic N) is 3. The van der Waals surface area contributed by atoms with Crippen LogP contribution in [0.1, 0.15) is 63.9 Å². The van der Waals surface area contributed by atoms with Crippen LogP contribution < -0.4 is 10.5 Å². The highest BCUT2D eigenvalue weighted by Crippen LogP contribution is 2.16. The molecule has 1 saturated heterocycles. The molecule has 2 aromatic carbocycles. The number of rotatable bonds is 2. The minimum Gasteiger partial charge on any atom is -0.340 e. The topological polar surface area (TPSA) is 69.3 Å². The van der Waals surface area contributed by atoms with E-state index in [0.29, 0.717) is 36.5 Å². The number of aromatic nitrogens is 2. The highest BCUT2D eigenvalue weighted by atomic mass is 16.2. The molecule has 0 spiro atoms. The van der Waals surface area contributed by atoms with Gasteiger partial charge in [-0.15, -0.1) is 0 Å². The molecule has 0 atom stereocenters. The van der Waals surface area contributed by atoms with Crippen LogP contribution in [-0.2, 0) is 0 Å². The van der Waals surface area contributed by atoms with Gasteiger partial charge in [-0.25, -0.2) is 4.98 Å². The van der Waals surface area contributed by atoms with Crippen molar-refractivity contribution in [2.75, 3.05) is 31.1 Å². The Labute approximate surface area is 198 Å². The van der Waals surface area contributed by atoms with Gasteiger partial charge in [0.05, 0.1) is 10.9 Å². The highest BCUT2D eigenvalue weighted by molar-refractivity contribution is 5.95. The van der Waals surface area contributed by atoms with Gasteiger partial charge < -0.3 is 9.80 Å². The highest BCUT2D eigenvalue weighted by Gasteiger charge is 2.22. The van der Waals surface area contributed by atoms with Gasteiger partial charge in [0.2, 0.25) is 5.95 Å². The van der Waals surface area contributed by atoms with Crippen LogP contribution in [0.4, 0.5) is 5.95 Å². The monoisotopic (exact) mass is 452 g/mol. The largest absolute Gasteiger partial charge is 0.340 e. The smallest absolute Gasteiger partial charge is 0.260 e. The van der Waals surface area contributed by atoms with Crippen molar-refractivity contribution in [3.05, 3.63) is 70.0 Å². The fourth-order valence-electron chi connectivity index (χ4n) is 3.54. The lowest BCUT2D eigenvalue weighted by Gasteiger charge is -2.23. The molecule has 0 saturated carbocycles. The van der Waals surface area contributed by atoms with Gasteiger partial charge in [0, 0.05) is 31.7 Å². The van der Waals surface area contributed by atoms with Crippen LogP contribution >= 0.6 is 0 Å². The number of amides is 1. The number of carbonyl (C=O) groups is 1. The number of nitrogens with one attached hydrogen (secondary N) is 1.